The number of aryl methyl sites for hydroxylation is 1. The largest absolute Gasteiger partial charge is 0.362 e. The van der Waals surface area contributed by atoms with Gasteiger partial charge in [0, 0.05) is 12.2 Å². The summed E-state index contributed by atoms with van der Waals surface area (Å²) in [7, 11) is 0. The van der Waals surface area contributed by atoms with Gasteiger partial charge in [-0.3, -0.25) is 9.48 Å². The normalized spacial score (nSPS) is 12.0. The molecule has 1 atom stereocenters. The van der Waals surface area contributed by atoms with Crippen LogP contribution in [0.15, 0.2) is 54.9 Å². The number of anilines is 2. The second kappa shape index (κ2) is 9.32. The highest BCUT2D eigenvalue weighted by Gasteiger charge is 2.11. The van der Waals surface area contributed by atoms with E-state index in [0.717, 1.165) is 17.6 Å². The Balaban J connectivity index is 1.42. The third-order valence-electron chi connectivity index (χ3n) is 4.98. The number of carbonyl (C=O) groups excluding carboxylic acids is 1. The van der Waals surface area contributed by atoms with Gasteiger partial charge >= 0.3 is 0 Å². The molecule has 0 fully saturated rings. The molecule has 2 N–H and O–H groups in total. The van der Waals surface area contributed by atoms with Crippen LogP contribution in [0.4, 0.5) is 15.9 Å². The van der Waals surface area contributed by atoms with E-state index in [1.807, 2.05) is 44.3 Å². The van der Waals surface area contributed by atoms with Gasteiger partial charge in [0.2, 0.25) is 11.6 Å². The van der Waals surface area contributed by atoms with Gasteiger partial charge in [0.1, 0.15) is 17.2 Å². The molecule has 2 aromatic heterocycles. The molecule has 9 heteroatoms. The fourth-order valence-electron chi connectivity index (χ4n) is 3.31. The van der Waals surface area contributed by atoms with Gasteiger partial charge in [0.15, 0.2) is 0 Å². The number of halogens is 2. The first kappa shape index (κ1) is 21.7. The average molecular weight is 453 g/mol. The maximum atomic E-state index is 13.3. The smallest absolute Gasteiger partial charge is 0.228 e. The monoisotopic (exact) mass is 452 g/mol. The van der Waals surface area contributed by atoms with Crippen molar-refractivity contribution in [1.82, 2.24) is 19.7 Å². The van der Waals surface area contributed by atoms with Gasteiger partial charge in [-0.2, -0.15) is 5.10 Å². The molecule has 0 aliphatic heterocycles. The minimum atomic E-state index is -0.507. The van der Waals surface area contributed by atoms with Crippen molar-refractivity contribution in [1.29, 1.82) is 0 Å². The molecular weight excluding hydrogens is 431 g/mol. The highest BCUT2D eigenvalue weighted by molar-refractivity contribution is 6.30. The molecule has 0 aliphatic carbocycles. The minimum Gasteiger partial charge on any atom is -0.362 e. The summed E-state index contributed by atoms with van der Waals surface area (Å²) in [5.74, 6) is -0.102. The first-order valence-electron chi connectivity index (χ1n) is 10.2. The van der Waals surface area contributed by atoms with Crippen LogP contribution in [-0.4, -0.2) is 25.7 Å². The molecule has 2 aromatic carbocycles. The molecule has 0 saturated carbocycles. The SMILES string of the molecule is CCn1cc2ncc(N[C@@H](C)c3cccc(NC(=O)Cc4ccc(F)c(Cl)c4)c3)nc2n1. The number of benzene rings is 2. The summed E-state index contributed by atoms with van der Waals surface area (Å²) >= 11 is 5.79. The lowest BCUT2D eigenvalue weighted by atomic mass is 10.1. The van der Waals surface area contributed by atoms with E-state index in [-0.39, 0.29) is 23.4 Å². The number of fused-ring (bicyclic) bond motifs is 1. The maximum absolute atomic E-state index is 13.3. The van der Waals surface area contributed by atoms with E-state index in [4.69, 9.17) is 11.6 Å². The van der Waals surface area contributed by atoms with E-state index in [9.17, 15) is 9.18 Å². The van der Waals surface area contributed by atoms with Crippen molar-refractivity contribution in [2.24, 2.45) is 0 Å². The molecular formula is C23H22ClFN6O. The molecule has 0 bridgehead atoms. The van der Waals surface area contributed by atoms with Crippen molar-refractivity contribution in [3.8, 4) is 0 Å². The molecule has 0 radical (unpaired) electrons. The van der Waals surface area contributed by atoms with Crippen LogP contribution in [0.2, 0.25) is 5.02 Å². The molecule has 0 spiro atoms. The number of aromatic nitrogens is 4. The summed E-state index contributed by atoms with van der Waals surface area (Å²) in [5, 5.41) is 10.6. The van der Waals surface area contributed by atoms with Crippen molar-refractivity contribution in [2.75, 3.05) is 10.6 Å². The second-order valence-corrected chi connectivity index (χ2v) is 7.82. The maximum Gasteiger partial charge on any atom is 0.228 e. The molecule has 0 aliphatic rings. The number of amides is 1. The Bertz CT molecular complexity index is 1270. The number of rotatable bonds is 7. The van der Waals surface area contributed by atoms with Gasteiger partial charge in [-0.15, -0.1) is 0 Å². The Morgan fingerprint density at radius 3 is 2.88 bits per heavy atom. The zero-order valence-electron chi connectivity index (χ0n) is 17.6. The lowest BCUT2D eigenvalue weighted by Gasteiger charge is -2.16. The van der Waals surface area contributed by atoms with Crippen molar-refractivity contribution >= 4 is 40.2 Å². The minimum absolute atomic E-state index is 0.0000521. The van der Waals surface area contributed by atoms with Crippen molar-refractivity contribution < 1.29 is 9.18 Å². The van der Waals surface area contributed by atoms with E-state index < -0.39 is 5.82 Å². The zero-order chi connectivity index (χ0) is 22.7. The Labute approximate surface area is 189 Å². The molecule has 0 unspecified atom stereocenters. The number of hydrogen-bond donors (Lipinski definition) is 2. The Hall–Kier alpha value is -3.52. The van der Waals surface area contributed by atoms with Crippen LogP contribution in [-0.2, 0) is 17.8 Å². The summed E-state index contributed by atoms with van der Waals surface area (Å²) in [6.07, 6.45) is 3.64. The van der Waals surface area contributed by atoms with E-state index in [1.165, 1.54) is 12.1 Å². The Morgan fingerprint density at radius 1 is 1.25 bits per heavy atom. The number of nitrogens with zero attached hydrogens (tertiary/aromatic N) is 4. The molecule has 32 heavy (non-hydrogen) atoms. The zero-order valence-corrected chi connectivity index (χ0v) is 18.4. The summed E-state index contributed by atoms with van der Waals surface area (Å²) in [4.78, 5) is 21.3. The van der Waals surface area contributed by atoms with Crippen molar-refractivity contribution in [3.05, 3.63) is 76.8 Å². The van der Waals surface area contributed by atoms with E-state index in [2.05, 4.69) is 25.7 Å². The Kier molecular flexibility index (Phi) is 6.32. The van der Waals surface area contributed by atoms with E-state index in [1.54, 1.807) is 16.9 Å². The van der Waals surface area contributed by atoms with Crippen LogP contribution >= 0.6 is 11.6 Å². The van der Waals surface area contributed by atoms with Crippen LogP contribution in [0.25, 0.3) is 11.2 Å². The van der Waals surface area contributed by atoms with Gasteiger partial charge in [-0.05, 0) is 49.2 Å². The van der Waals surface area contributed by atoms with Gasteiger partial charge in [-0.1, -0.05) is 29.8 Å². The van der Waals surface area contributed by atoms with Gasteiger partial charge in [0.25, 0.3) is 0 Å². The van der Waals surface area contributed by atoms with Crippen LogP contribution in [0.5, 0.6) is 0 Å². The van der Waals surface area contributed by atoms with Gasteiger partial charge in [0.05, 0.1) is 29.9 Å². The van der Waals surface area contributed by atoms with E-state index >= 15 is 0 Å². The van der Waals surface area contributed by atoms with E-state index in [0.29, 0.717) is 22.7 Å². The molecule has 4 rings (SSSR count). The Morgan fingerprint density at radius 2 is 2.09 bits per heavy atom. The predicted octanol–water partition coefficient (Wildman–Crippen LogP) is 4.99. The standard InChI is InChI=1S/C23H22ClFN6O/c1-3-31-13-20-23(30-31)29-21(12-26-20)27-14(2)16-5-4-6-17(11-16)28-22(32)10-15-7-8-19(25)18(24)9-15/h4-9,11-14H,3,10H2,1-2H3,(H,28,32)(H,27,29,30)/t14-/m0/s1. The summed E-state index contributed by atoms with van der Waals surface area (Å²) in [6, 6.07) is 11.7. The molecule has 1 amide bonds. The van der Waals surface area contributed by atoms with Crippen LogP contribution < -0.4 is 10.6 Å². The fourth-order valence-corrected chi connectivity index (χ4v) is 3.51. The molecule has 0 saturated heterocycles. The van der Waals surface area contributed by atoms with Gasteiger partial charge < -0.3 is 10.6 Å². The molecule has 164 valence electrons. The first-order valence-corrected chi connectivity index (χ1v) is 10.6. The third-order valence-corrected chi connectivity index (χ3v) is 5.27. The van der Waals surface area contributed by atoms with Crippen LogP contribution in [0.1, 0.15) is 31.0 Å². The number of hydrogen-bond acceptors (Lipinski definition) is 5. The molecule has 4 aromatic rings. The summed E-state index contributed by atoms with van der Waals surface area (Å²) < 4.78 is 15.1. The van der Waals surface area contributed by atoms with Crippen LogP contribution in [0, 0.1) is 5.82 Å². The highest BCUT2D eigenvalue weighted by Crippen LogP contribution is 2.22. The lowest BCUT2D eigenvalue weighted by molar-refractivity contribution is -0.115. The van der Waals surface area contributed by atoms with Crippen LogP contribution in [0.3, 0.4) is 0 Å². The number of nitrogens with one attached hydrogen (secondary N) is 2. The first-order chi connectivity index (χ1) is 15.4. The quantitative estimate of drug-likeness (QED) is 0.412. The summed E-state index contributed by atoms with van der Waals surface area (Å²) in [5.41, 5.74) is 3.61. The lowest BCUT2D eigenvalue weighted by Crippen LogP contribution is -2.15. The topological polar surface area (TPSA) is 84.7 Å². The summed E-state index contributed by atoms with van der Waals surface area (Å²) in [6.45, 7) is 4.76. The van der Waals surface area contributed by atoms with Gasteiger partial charge in [-0.25, -0.2) is 14.4 Å². The highest BCUT2D eigenvalue weighted by atomic mass is 35.5. The van der Waals surface area contributed by atoms with Crippen molar-refractivity contribution in [3.63, 3.8) is 0 Å². The van der Waals surface area contributed by atoms with Crippen molar-refractivity contribution in [2.45, 2.75) is 32.9 Å². The third kappa shape index (κ3) is 5.03. The number of carbonyl (C=O) groups is 1. The molecule has 7 nitrogen and oxygen atoms in total. The average Bonchev–Trinajstić information content (AvgIpc) is 3.19. The predicted molar refractivity (Wildman–Crippen MR) is 123 cm³/mol. The second-order valence-electron chi connectivity index (χ2n) is 7.41. The fraction of sp³-hybridized carbons (Fsp3) is 0.217. The molecule has 2 heterocycles.